The van der Waals surface area contributed by atoms with Crippen molar-refractivity contribution in [2.45, 2.75) is 42.9 Å². The minimum absolute atomic E-state index is 0.0736. The highest BCUT2D eigenvalue weighted by molar-refractivity contribution is 8.01. The zero-order valence-corrected chi connectivity index (χ0v) is 22.0. The molecule has 1 aliphatic heterocycles. The molecular formula is C27H34N2O4S2. The molecule has 6 nitrogen and oxygen atoms in total. The number of thioether (sulfide) groups is 1. The minimum atomic E-state index is -0.725. The van der Waals surface area contributed by atoms with Crippen molar-refractivity contribution in [3.8, 4) is 5.75 Å². The average Bonchev–Trinajstić information content (AvgIpc) is 3.29. The highest BCUT2D eigenvalue weighted by Gasteiger charge is 2.34. The third-order valence-corrected chi connectivity index (χ3v) is 9.20. The topological polar surface area (TPSA) is 82.9 Å². The van der Waals surface area contributed by atoms with Crippen LogP contribution in [0.4, 0.5) is 0 Å². The van der Waals surface area contributed by atoms with E-state index in [1.807, 2.05) is 47.4 Å². The normalized spacial score (nSPS) is 19.6. The fourth-order valence-corrected chi connectivity index (χ4v) is 7.05. The average molecular weight is 515 g/mol. The molecule has 0 amide bonds. The number of likely N-dealkylation sites (tertiary alicyclic amines) is 1. The van der Waals surface area contributed by atoms with Crippen LogP contribution in [0, 0.1) is 18.8 Å². The van der Waals surface area contributed by atoms with Crippen LogP contribution in [0.3, 0.4) is 0 Å². The van der Waals surface area contributed by atoms with Gasteiger partial charge in [-0.2, -0.15) is 0 Å². The van der Waals surface area contributed by atoms with E-state index in [1.54, 1.807) is 13.3 Å². The van der Waals surface area contributed by atoms with Gasteiger partial charge in [0.05, 0.1) is 28.9 Å². The first-order valence-electron chi connectivity index (χ1n) is 12.2. The van der Waals surface area contributed by atoms with Gasteiger partial charge in [-0.25, -0.2) is 0 Å². The van der Waals surface area contributed by atoms with Gasteiger partial charge in [0.25, 0.3) is 0 Å². The number of carboxylic acid groups (broad SMARTS) is 1. The van der Waals surface area contributed by atoms with Crippen LogP contribution in [0.1, 0.15) is 42.2 Å². The second-order valence-electron chi connectivity index (χ2n) is 9.24. The number of pyridine rings is 1. The maximum absolute atomic E-state index is 12.1. The van der Waals surface area contributed by atoms with Crippen molar-refractivity contribution in [2.75, 3.05) is 32.5 Å². The predicted molar refractivity (Wildman–Crippen MR) is 143 cm³/mol. The van der Waals surface area contributed by atoms with Crippen LogP contribution in [0.25, 0.3) is 10.9 Å². The van der Waals surface area contributed by atoms with E-state index in [0.717, 1.165) is 53.9 Å². The lowest BCUT2D eigenvalue weighted by atomic mass is 9.81. The molecule has 4 rings (SSSR count). The van der Waals surface area contributed by atoms with Crippen LogP contribution < -0.4 is 4.74 Å². The van der Waals surface area contributed by atoms with Crippen LogP contribution in [0.15, 0.2) is 46.8 Å². The van der Waals surface area contributed by atoms with Gasteiger partial charge in [-0.1, -0.05) is 0 Å². The summed E-state index contributed by atoms with van der Waals surface area (Å²) < 4.78 is 6.69. The number of carbonyl (C=O) groups is 1. The molecule has 0 saturated carbocycles. The predicted octanol–water partition coefficient (Wildman–Crippen LogP) is 5.63. The van der Waals surface area contributed by atoms with Crippen molar-refractivity contribution in [3.63, 3.8) is 0 Å². The lowest BCUT2D eigenvalue weighted by Crippen LogP contribution is -2.44. The van der Waals surface area contributed by atoms with Gasteiger partial charge in [-0.05, 0) is 93.6 Å². The highest BCUT2D eigenvalue weighted by Crippen LogP contribution is 2.34. The molecule has 0 aliphatic carbocycles. The van der Waals surface area contributed by atoms with Gasteiger partial charge in [-0.15, -0.1) is 23.1 Å². The molecule has 2 N–H and O–H groups in total. The first-order valence-corrected chi connectivity index (χ1v) is 14.0. The molecular weight excluding hydrogens is 480 g/mol. The number of carboxylic acids is 1. The number of thiophene rings is 1. The molecule has 3 atom stereocenters. The Bertz CT molecular complexity index is 1140. The number of hydrogen-bond donors (Lipinski definition) is 2. The van der Waals surface area contributed by atoms with Gasteiger partial charge >= 0.3 is 5.97 Å². The number of aromatic nitrogens is 1. The summed E-state index contributed by atoms with van der Waals surface area (Å²) in [6, 6.07) is 11.8. The van der Waals surface area contributed by atoms with E-state index in [9.17, 15) is 15.0 Å². The Morgan fingerprint density at radius 1 is 1.31 bits per heavy atom. The number of aliphatic hydroxyl groups excluding tert-OH is 1. The number of aryl methyl sites for hydroxylation is 1. The van der Waals surface area contributed by atoms with Crippen LogP contribution in [0.5, 0.6) is 5.75 Å². The van der Waals surface area contributed by atoms with Crippen molar-refractivity contribution in [3.05, 3.63) is 53.0 Å². The molecule has 8 heteroatoms. The molecule has 1 aliphatic rings. The number of methoxy groups -OCH3 is 1. The molecule has 1 unspecified atom stereocenters. The van der Waals surface area contributed by atoms with E-state index in [-0.39, 0.29) is 5.92 Å². The Morgan fingerprint density at radius 3 is 2.91 bits per heavy atom. The molecule has 0 bridgehead atoms. The first-order chi connectivity index (χ1) is 16.9. The van der Waals surface area contributed by atoms with E-state index in [4.69, 9.17) is 4.74 Å². The lowest BCUT2D eigenvalue weighted by Gasteiger charge is -2.37. The highest BCUT2D eigenvalue weighted by atomic mass is 32.2. The number of hydrogen-bond acceptors (Lipinski definition) is 7. The Kier molecular flexibility index (Phi) is 9.05. The quantitative estimate of drug-likeness (QED) is 0.253. The van der Waals surface area contributed by atoms with E-state index in [0.29, 0.717) is 19.4 Å². The number of benzene rings is 1. The largest absolute Gasteiger partial charge is 0.497 e. The molecule has 0 radical (unpaired) electrons. The molecule has 35 heavy (non-hydrogen) atoms. The Hall–Kier alpha value is -2.13. The summed E-state index contributed by atoms with van der Waals surface area (Å²) in [5, 5.41) is 21.8. The number of aliphatic hydroxyl groups is 1. The van der Waals surface area contributed by atoms with Gasteiger partial charge in [0.15, 0.2) is 0 Å². The smallest absolute Gasteiger partial charge is 0.308 e. The minimum Gasteiger partial charge on any atom is -0.497 e. The summed E-state index contributed by atoms with van der Waals surface area (Å²) in [5.74, 6) is 0.731. The number of aliphatic carboxylic acids is 1. The van der Waals surface area contributed by atoms with E-state index >= 15 is 0 Å². The fraction of sp³-hybridized carbons (Fsp3) is 0.481. The van der Waals surface area contributed by atoms with Gasteiger partial charge in [0.2, 0.25) is 0 Å². The van der Waals surface area contributed by atoms with Crippen LogP contribution >= 0.6 is 23.1 Å². The van der Waals surface area contributed by atoms with Crippen LogP contribution in [-0.4, -0.2) is 58.6 Å². The monoisotopic (exact) mass is 514 g/mol. The SMILES string of the molecule is COc1ccc2nccc(C(O)CC[C@@H]3CCN(CCCSc4ccc(C)s4)C[C@@H]3C(=O)O)c2c1. The number of nitrogens with zero attached hydrogens (tertiary/aromatic N) is 2. The number of rotatable bonds is 11. The first kappa shape index (κ1) is 25.9. The Labute approximate surface area is 215 Å². The molecule has 3 aromatic rings. The molecule has 1 aromatic carbocycles. The van der Waals surface area contributed by atoms with Crippen LogP contribution in [-0.2, 0) is 4.79 Å². The Morgan fingerprint density at radius 2 is 2.17 bits per heavy atom. The summed E-state index contributed by atoms with van der Waals surface area (Å²) in [7, 11) is 1.62. The van der Waals surface area contributed by atoms with Gasteiger partial charge in [-0.3, -0.25) is 9.78 Å². The second-order valence-corrected chi connectivity index (χ2v) is 11.9. The van der Waals surface area contributed by atoms with Crippen molar-refractivity contribution in [1.82, 2.24) is 9.88 Å². The third-order valence-electron chi connectivity index (χ3n) is 6.89. The molecule has 1 fully saturated rings. The van der Waals surface area contributed by atoms with E-state index in [2.05, 4.69) is 28.9 Å². The second kappa shape index (κ2) is 12.2. The van der Waals surface area contributed by atoms with Crippen molar-refractivity contribution in [1.29, 1.82) is 0 Å². The molecule has 0 spiro atoms. The zero-order valence-electron chi connectivity index (χ0n) is 20.4. The van der Waals surface area contributed by atoms with Gasteiger partial charge < -0.3 is 19.8 Å². The number of ether oxygens (including phenoxy) is 1. The molecule has 1 saturated heterocycles. The molecule has 2 aromatic heterocycles. The van der Waals surface area contributed by atoms with Crippen LogP contribution in [0.2, 0.25) is 0 Å². The summed E-state index contributed by atoms with van der Waals surface area (Å²) in [6.45, 7) is 4.57. The van der Waals surface area contributed by atoms with E-state index < -0.39 is 18.0 Å². The lowest BCUT2D eigenvalue weighted by molar-refractivity contribution is -0.146. The van der Waals surface area contributed by atoms with Gasteiger partial charge in [0, 0.05) is 28.8 Å². The summed E-state index contributed by atoms with van der Waals surface area (Å²) in [4.78, 5) is 20.1. The molecule has 188 valence electrons. The zero-order chi connectivity index (χ0) is 24.8. The van der Waals surface area contributed by atoms with Gasteiger partial charge in [0.1, 0.15) is 5.75 Å². The number of fused-ring (bicyclic) bond motifs is 1. The van der Waals surface area contributed by atoms with Crippen molar-refractivity contribution in [2.24, 2.45) is 11.8 Å². The Balaban J connectivity index is 1.30. The van der Waals surface area contributed by atoms with Crippen molar-refractivity contribution < 1.29 is 19.7 Å². The standard InChI is InChI=1S/C27H34N2O4S2/c1-18-4-9-26(35-18)34-15-3-13-29-14-11-19(23(17-29)27(31)32)5-8-25(30)21-10-12-28-24-7-6-20(33-2)16-22(21)24/h4,6-7,9-10,12,16,19,23,25,30H,3,5,8,11,13-15,17H2,1-2H3,(H,31,32)/t19-,23+,25?/m1/s1. The maximum Gasteiger partial charge on any atom is 0.308 e. The third kappa shape index (κ3) is 6.76. The summed E-state index contributed by atoms with van der Waals surface area (Å²) >= 11 is 3.71. The summed E-state index contributed by atoms with van der Waals surface area (Å²) in [6.07, 6.45) is 4.17. The van der Waals surface area contributed by atoms with Crippen molar-refractivity contribution >= 4 is 40.0 Å². The fourth-order valence-electron chi connectivity index (χ4n) is 4.94. The maximum atomic E-state index is 12.1. The molecule has 3 heterocycles. The van der Waals surface area contributed by atoms with E-state index in [1.165, 1.54) is 9.09 Å². The summed E-state index contributed by atoms with van der Waals surface area (Å²) in [5.41, 5.74) is 1.63. The number of piperidine rings is 1.